The number of hydrogen-bond donors (Lipinski definition) is 1. The molecule has 6 heteroatoms. The monoisotopic (exact) mass is 225 g/mol. The van der Waals surface area contributed by atoms with E-state index in [-0.39, 0.29) is 0 Å². The second-order valence-electron chi connectivity index (χ2n) is 2.53. The van der Waals surface area contributed by atoms with E-state index in [1.807, 2.05) is 6.07 Å². The summed E-state index contributed by atoms with van der Waals surface area (Å²) in [6, 6.07) is 1.84. The first-order valence-electron chi connectivity index (χ1n) is 3.85. The zero-order valence-electron chi connectivity index (χ0n) is 7.35. The lowest BCUT2D eigenvalue weighted by Gasteiger charge is -1.92. The summed E-state index contributed by atoms with van der Waals surface area (Å²) in [7, 11) is 1.59. The number of methoxy groups -OCH3 is 1. The molecule has 2 heterocycles. The Labute approximate surface area is 89.8 Å². The van der Waals surface area contributed by atoms with Crippen LogP contribution in [0, 0.1) is 4.64 Å². The number of ether oxygens (including phenoxy) is 1. The average Bonchev–Trinajstić information content (AvgIpc) is 2.67. The maximum atomic E-state index is 4.98. The van der Waals surface area contributed by atoms with Crippen molar-refractivity contribution in [1.82, 2.24) is 14.3 Å². The molecule has 0 bridgehead atoms. The van der Waals surface area contributed by atoms with Crippen LogP contribution in [0.2, 0.25) is 0 Å². The zero-order chi connectivity index (χ0) is 9.97. The van der Waals surface area contributed by atoms with E-state index < -0.39 is 0 Å². The van der Waals surface area contributed by atoms with Gasteiger partial charge in [-0.1, -0.05) is 12.2 Å². The summed E-state index contributed by atoms with van der Waals surface area (Å²) in [5.74, 6) is 0.606. The van der Waals surface area contributed by atoms with E-state index in [1.165, 1.54) is 11.5 Å². The lowest BCUT2D eigenvalue weighted by Crippen LogP contribution is -1.82. The molecule has 0 aliphatic heterocycles. The molecule has 0 saturated carbocycles. The highest BCUT2D eigenvalue weighted by Gasteiger charge is 2.04. The Hall–Kier alpha value is -1.27. The molecule has 2 aromatic rings. The van der Waals surface area contributed by atoms with Crippen LogP contribution in [-0.4, -0.2) is 21.5 Å². The van der Waals surface area contributed by atoms with Crippen molar-refractivity contribution in [3.8, 4) is 16.5 Å². The van der Waals surface area contributed by atoms with E-state index in [9.17, 15) is 0 Å². The Bertz CT molecular complexity index is 471. The molecule has 0 radical (unpaired) electrons. The minimum atomic E-state index is 0.606. The van der Waals surface area contributed by atoms with Crippen molar-refractivity contribution in [3.63, 3.8) is 0 Å². The largest absolute Gasteiger partial charge is 0.480 e. The number of hydrogen-bond acceptors (Lipinski definition) is 5. The summed E-state index contributed by atoms with van der Waals surface area (Å²) >= 11 is 6.24. The number of nitrogens with zero attached hydrogens (tertiary/aromatic N) is 2. The number of nitrogens with one attached hydrogen (secondary N) is 1. The van der Waals surface area contributed by atoms with Gasteiger partial charge in [0.15, 0.2) is 0 Å². The van der Waals surface area contributed by atoms with Crippen molar-refractivity contribution < 1.29 is 4.74 Å². The summed E-state index contributed by atoms with van der Waals surface area (Å²) in [6.07, 6.45) is 3.37. The van der Waals surface area contributed by atoms with Crippen LogP contribution in [0.25, 0.3) is 10.6 Å². The normalized spacial score (nSPS) is 10.1. The molecule has 2 rings (SSSR count). The van der Waals surface area contributed by atoms with Gasteiger partial charge in [-0.3, -0.25) is 4.98 Å². The van der Waals surface area contributed by atoms with Crippen molar-refractivity contribution >= 4 is 23.8 Å². The molecule has 0 aliphatic rings. The van der Waals surface area contributed by atoms with Gasteiger partial charge in [0.1, 0.15) is 4.64 Å². The van der Waals surface area contributed by atoms with Crippen LogP contribution in [0.15, 0.2) is 18.5 Å². The van der Waals surface area contributed by atoms with Gasteiger partial charge in [-0.25, -0.2) is 0 Å². The highest BCUT2D eigenvalue weighted by molar-refractivity contribution is 7.71. The first kappa shape index (κ1) is 9.29. The first-order valence-corrected chi connectivity index (χ1v) is 5.03. The molecule has 2 aromatic heterocycles. The van der Waals surface area contributed by atoms with Crippen LogP contribution in [0.1, 0.15) is 0 Å². The molecule has 72 valence electrons. The molecule has 14 heavy (non-hydrogen) atoms. The zero-order valence-corrected chi connectivity index (χ0v) is 8.98. The highest BCUT2D eigenvalue weighted by Crippen LogP contribution is 2.25. The molecule has 4 nitrogen and oxygen atoms in total. The third-order valence-electron chi connectivity index (χ3n) is 1.62. The van der Waals surface area contributed by atoms with Gasteiger partial charge < -0.3 is 9.72 Å². The molecule has 0 saturated heterocycles. The summed E-state index contributed by atoms with van der Waals surface area (Å²) in [5.41, 5.74) is 0.819. The Balaban J connectivity index is 2.39. The van der Waals surface area contributed by atoms with Crippen LogP contribution in [0.4, 0.5) is 0 Å². The van der Waals surface area contributed by atoms with Gasteiger partial charge >= 0.3 is 0 Å². The predicted molar refractivity (Wildman–Crippen MR) is 57.1 cm³/mol. The van der Waals surface area contributed by atoms with E-state index in [0.717, 1.165) is 10.6 Å². The van der Waals surface area contributed by atoms with Gasteiger partial charge in [0.05, 0.1) is 23.9 Å². The predicted octanol–water partition coefficient (Wildman–Crippen LogP) is 2.27. The number of aromatic nitrogens is 3. The van der Waals surface area contributed by atoms with E-state index in [4.69, 9.17) is 17.0 Å². The third kappa shape index (κ3) is 1.80. The lowest BCUT2D eigenvalue weighted by atomic mass is 10.4. The SMILES string of the molecule is COc1cc(-c2c[nH]c(=S)cn2)sn1. The highest BCUT2D eigenvalue weighted by atomic mass is 32.1. The van der Waals surface area contributed by atoms with Crippen molar-refractivity contribution in [1.29, 1.82) is 0 Å². The van der Waals surface area contributed by atoms with Crippen LogP contribution < -0.4 is 4.74 Å². The topological polar surface area (TPSA) is 50.8 Å². The van der Waals surface area contributed by atoms with E-state index in [0.29, 0.717) is 10.5 Å². The Morgan fingerprint density at radius 2 is 2.43 bits per heavy atom. The molecule has 0 aliphatic carbocycles. The minimum absolute atomic E-state index is 0.606. The summed E-state index contributed by atoms with van der Waals surface area (Å²) in [5, 5.41) is 0. The summed E-state index contributed by atoms with van der Waals surface area (Å²) < 4.78 is 9.67. The summed E-state index contributed by atoms with van der Waals surface area (Å²) in [6.45, 7) is 0. The summed E-state index contributed by atoms with van der Waals surface area (Å²) in [4.78, 5) is 8.04. The minimum Gasteiger partial charge on any atom is -0.480 e. The Morgan fingerprint density at radius 1 is 1.57 bits per heavy atom. The fourth-order valence-electron chi connectivity index (χ4n) is 0.953. The molecule has 1 N–H and O–H groups in total. The van der Waals surface area contributed by atoms with Gasteiger partial charge in [0.2, 0.25) is 5.88 Å². The number of rotatable bonds is 2. The molecule has 0 fully saturated rings. The lowest BCUT2D eigenvalue weighted by molar-refractivity contribution is 0.403. The second kappa shape index (κ2) is 3.85. The maximum absolute atomic E-state index is 4.98. The van der Waals surface area contributed by atoms with Crippen LogP contribution in [-0.2, 0) is 0 Å². The quantitative estimate of drug-likeness (QED) is 0.797. The van der Waals surface area contributed by atoms with Crippen LogP contribution in [0.3, 0.4) is 0 Å². The van der Waals surface area contributed by atoms with Gasteiger partial charge in [0.25, 0.3) is 0 Å². The second-order valence-corrected chi connectivity index (χ2v) is 3.77. The van der Waals surface area contributed by atoms with Crippen LogP contribution >= 0.6 is 23.8 Å². The Kier molecular flexibility index (Phi) is 2.55. The first-order chi connectivity index (χ1) is 6.79. The third-order valence-corrected chi connectivity index (χ3v) is 2.64. The molecule has 0 aromatic carbocycles. The molecular weight excluding hydrogens is 218 g/mol. The fourth-order valence-corrected chi connectivity index (χ4v) is 1.74. The maximum Gasteiger partial charge on any atom is 0.225 e. The van der Waals surface area contributed by atoms with Crippen molar-refractivity contribution in [3.05, 3.63) is 23.1 Å². The van der Waals surface area contributed by atoms with E-state index in [1.54, 1.807) is 19.5 Å². The van der Waals surface area contributed by atoms with E-state index >= 15 is 0 Å². The smallest absolute Gasteiger partial charge is 0.225 e. The van der Waals surface area contributed by atoms with Gasteiger partial charge in [0, 0.05) is 12.3 Å². The van der Waals surface area contributed by atoms with E-state index in [2.05, 4.69) is 14.3 Å². The fraction of sp³-hybridized carbons (Fsp3) is 0.125. The average molecular weight is 225 g/mol. The molecule has 0 atom stereocenters. The standard InChI is InChI=1S/C8H7N3OS2/c1-12-7-2-6(14-11-7)5-3-10-8(13)4-9-5/h2-4H,1H3,(H,10,13). The molecule has 0 amide bonds. The van der Waals surface area contributed by atoms with Crippen molar-refractivity contribution in [2.75, 3.05) is 7.11 Å². The number of aromatic amines is 1. The molecule has 0 unspecified atom stereocenters. The van der Waals surface area contributed by atoms with Crippen molar-refractivity contribution in [2.24, 2.45) is 0 Å². The Morgan fingerprint density at radius 3 is 3.00 bits per heavy atom. The van der Waals surface area contributed by atoms with Gasteiger partial charge in [-0.15, -0.1) is 0 Å². The van der Waals surface area contributed by atoms with Crippen LogP contribution in [0.5, 0.6) is 5.88 Å². The van der Waals surface area contributed by atoms with Gasteiger partial charge in [-0.05, 0) is 11.5 Å². The van der Waals surface area contributed by atoms with Gasteiger partial charge in [-0.2, -0.15) is 4.37 Å². The molecule has 0 spiro atoms. The molecular formula is C8H7N3OS2. The van der Waals surface area contributed by atoms with Crippen molar-refractivity contribution in [2.45, 2.75) is 0 Å². The number of H-pyrrole nitrogens is 1.